The maximum Gasteiger partial charge on any atom is -0.147 e. The molecule has 0 amide bonds. The Balaban J connectivity index is 0.00000193. The van der Waals surface area contributed by atoms with Gasteiger partial charge in [-0.3, -0.25) is 0 Å². The van der Waals surface area contributed by atoms with E-state index >= 15 is 0 Å². The van der Waals surface area contributed by atoms with Crippen molar-refractivity contribution >= 4 is 35.8 Å². The summed E-state index contributed by atoms with van der Waals surface area (Å²) in [5.41, 5.74) is 11.9. The van der Waals surface area contributed by atoms with Gasteiger partial charge in [-0.1, -0.05) is 0 Å². The first-order valence-electron chi connectivity index (χ1n) is 11.8. The van der Waals surface area contributed by atoms with Crippen molar-refractivity contribution in [2.75, 3.05) is 0 Å². The fourth-order valence-electron chi connectivity index (χ4n) is 5.54. The number of aryl methyl sites for hydroxylation is 1. The summed E-state index contributed by atoms with van der Waals surface area (Å²) in [5.74, 6) is 0.659. The summed E-state index contributed by atoms with van der Waals surface area (Å²) in [6.45, 7) is 17.1. The number of benzene rings is 2. The molecule has 2 aliphatic carbocycles. The zero-order valence-electron chi connectivity index (χ0n) is 21.1. The summed E-state index contributed by atoms with van der Waals surface area (Å²) >= 11 is -1.91. The van der Waals surface area contributed by atoms with Gasteiger partial charge in [-0.25, -0.2) is 0 Å². The molecule has 0 bridgehead atoms. The molecule has 0 heterocycles. The van der Waals surface area contributed by atoms with Crippen molar-refractivity contribution in [2.45, 2.75) is 64.2 Å². The summed E-state index contributed by atoms with van der Waals surface area (Å²) < 4.78 is 2.59. The minimum absolute atomic E-state index is 0. The first-order valence-corrected chi connectivity index (χ1v) is 20.6. The van der Waals surface area contributed by atoms with Gasteiger partial charge in [0.25, 0.3) is 0 Å². The molecular formula is C29H38Cl2SiZr. The number of hydrogen-bond donors (Lipinski definition) is 0. The van der Waals surface area contributed by atoms with Crippen LogP contribution in [0.4, 0.5) is 0 Å². The Morgan fingerprint density at radius 2 is 1.52 bits per heavy atom. The van der Waals surface area contributed by atoms with Crippen LogP contribution in [0.1, 0.15) is 66.9 Å². The quantitative estimate of drug-likeness (QED) is 0.312. The fourth-order valence-corrected chi connectivity index (χ4v) is 25.2. The van der Waals surface area contributed by atoms with E-state index < -0.39 is 20.4 Å². The first-order chi connectivity index (χ1) is 14.8. The molecule has 2 unspecified atom stereocenters. The molecule has 2 aromatic carbocycles. The van der Waals surface area contributed by atoms with Crippen molar-refractivity contribution in [3.63, 3.8) is 0 Å². The van der Waals surface area contributed by atoms with Crippen molar-refractivity contribution in [3.8, 4) is 0 Å². The third-order valence-electron chi connectivity index (χ3n) is 7.50. The molecule has 0 nitrogen and oxygen atoms in total. The standard InChI is InChI=1S/C18H17.C9H13.C2H6Si.2ClH.Zr/c1-2-5-14-8-10-16(11-9-14)18-13-12-15-6-3-4-7-17(15)18;1-6-5-7(2)9(4)8(6)3;1-3-2;;;/h3-4,6-13H,2,5H2,1H3;6H,1-4H3;1-2H3;2*1H;. The molecule has 2 aromatic rings. The van der Waals surface area contributed by atoms with E-state index in [4.69, 9.17) is 0 Å². The maximum absolute atomic E-state index is 2.70. The molecule has 0 saturated carbocycles. The Labute approximate surface area is 221 Å². The Bertz CT molecular complexity index is 1150. The van der Waals surface area contributed by atoms with Gasteiger partial charge in [0.05, 0.1) is 0 Å². The van der Waals surface area contributed by atoms with Crippen molar-refractivity contribution in [1.82, 2.24) is 0 Å². The number of rotatable bonds is 5. The van der Waals surface area contributed by atoms with Crippen LogP contribution in [0.2, 0.25) is 13.1 Å². The van der Waals surface area contributed by atoms with Gasteiger partial charge < -0.3 is 0 Å². The van der Waals surface area contributed by atoms with Crippen LogP contribution in [0.5, 0.6) is 0 Å². The third-order valence-corrected chi connectivity index (χ3v) is 26.1. The topological polar surface area (TPSA) is 0 Å². The van der Waals surface area contributed by atoms with Crippen LogP contribution in [-0.4, -0.2) is 5.43 Å². The Morgan fingerprint density at radius 3 is 2.06 bits per heavy atom. The van der Waals surface area contributed by atoms with E-state index in [9.17, 15) is 0 Å². The van der Waals surface area contributed by atoms with E-state index in [1.165, 1.54) is 35.1 Å². The fraction of sp³-hybridized carbons (Fsp3) is 0.379. The van der Waals surface area contributed by atoms with Crippen molar-refractivity contribution in [2.24, 2.45) is 5.92 Å². The van der Waals surface area contributed by atoms with Crippen molar-refractivity contribution in [1.29, 1.82) is 0 Å². The number of allylic oxidation sites excluding steroid dienone is 5. The molecule has 0 aromatic heterocycles. The molecule has 0 saturated heterocycles. The first kappa shape index (κ1) is 28.6. The molecule has 0 N–H and O–H groups in total. The average Bonchev–Trinajstić information content (AvgIpc) is 3.22. The molecule has 0 fully saturated rings. The Hall–Kier alpha value is -0.660. The molecule has 33 heavy (non-hydrogen) atoms. The predicted octanol–water partition coefficient (Wildman–Crippen LogP) is 9.10. The second kappa shape index (κ2) is 11.9. The van der Waals surface area contributed by atoms with Gasteiger partial charge in [0.1, 0.15) is 0 Å². The van der Waals surface area contributed by atoms with E-state index in [-0.39, 0.29) is 30.2 Å². The van der Waals surface area contributed by atoms with Gasteiger partial charge in [-0.05, 0) is 0 Å². The molecule has 0 spiro atoms. The normalized spacial score (nSPS) is 19.1. The average molecular weight is 577 g/mol. The van der Waals surface area contributed by atoms with E-state index in [0.717, 1.165) is 0 Å². The molecular weight excluding hydrogens is 539 g/mol. The number of halogens is 2. The monoisotopic (exact) mass is 574 g/mol. The van der Waals surface area contributed by atoms with Gasteiger partial charge in [0.15, 0.2) is 0 Å². The van der Waals surface area contributed by atoms with Crippen LogP contribution in [-0.2, 0) is 26.8 Å². The summed E-state index contributed by atoms with van der Waals surface area (Å²) in [6, 6.07) is 18.7. The smallest absolute Gasteiger partial charge is 0.147 e. The molecule has 4 rings (SSSR count). The van der Waals surface area contributed by atoms with Crippen LogP contribution in [0, 0.1) is 5.92 Å². The van der Waals surface area contributed by atoms with Crippen molar-refractivity contribution < 1.29 is 20.4 Å². The third kappa shape index (κ3) is 5.30. The summed E-state index contributed by atoms with van der Waals surface area (Å²) in [7, 11) is 0. The maximum atomic E-state index is 2.70. The molecule has 2 atom stereocenters. The van der Waals surface area contributed by atoms with Crippen LogP contribution < -0.4 is 0 Å². The summed E-state index contributed by atoms with van der Waals surface area (Å²) in [6.07, 6.45) is 5.08. The molecule has 4 heteroatoms. The zero-order chi connectivity index (χ0) is 22.3. The van der Waals surface area contributed by atoms with Gasteiger partial charge in [0.2, 0.25) is 0 Å². The zero-order valence-corrected chi connectivity index (χ0v) is 26.2. The van der Waals surface area contributed by atoms with Crippen LogP contribution in [0.15, 0.2) is 74.6 Å². The molecule has 2 aliphatic rings. The van der Waals surface area contributed by atoms with Crippen LogP contribution in [0.3, 0.4) is 0 Å². The largest absolute Gasteiger partial charge is 0.147 e. The van der Waals surface area contributed by atoms with Gasteiger partial charge in [-0.15, -0.1) is 24.8 Å². The second-order valence-electron chi connectivity index (χ2n) is 9.57. The minimum atomic E-state index is -1.91. The van der Waals surface area contributed by atoms with E-state index in [2.05, 4.69) is 102 Å². The van der Waals surface area contributed by atoms with Crippen molar-refractivity contribution in [3.05, 3.63) is 96.9 Å². The number of hydrogen-bond acceptors (Lipinski definition) is 0. The summed E-state index contributed by atoms with van der Waals surface area (Å²) in [5, 5.41) is 0. The number of fused-ring (bicyclic) bond motifs is 1. The SMILES string of the molecule is CCCc1ccc(C2=C[CH]([Zr]([C]3=C(C)C(C)=C(C)C3C)=[Si](C)C)c3ccccc32)cc1.Cl.Cl. The van der Waals surface area contributed by atoms with E-state index in [1.54, 1.807) is 22.3 Å². The van der Waals surface area contributed by atoms with Gasteiger partial charge >= 0.3 is 198 Å². The van der Waals surface area contributed by atoms with E-state index in [0.29, 0.717) is 9.54 Å². The van der Waals surface area contributed by atoms with Crippen LogP contribution in [0.25, 0.3) is 5.57 Å². The van der Waals surface area contributed by atoms with Gasteiger partial charge in [0, 0.05) is 0 Å². The predicted molar refractivity (Wildman–Crippen MR) is 149 cm³/mol. The minimum Gasteiger partial charge on any atom is -0.147 e. The second-order valence-corrected chi connectivity index (χ2v) is 27.0. The van der Waals surface area contributed by atoms with Crippen LogP contribution >= 0.6 is 24.8 Å². The molecule has 0 aliphatic heterocycles. The molecule has 176 valence electrons. The van der Waals surface area contributed by atoms with Gasteiger partial charge in [-0.2, -0.15) is 0 Å². The summed E-state index contributed by atoms with van der Waals surface area (Å²) in [4.78, 5) is 0. The Kier molecular flexibility index (Phi) is 10.3. The molecule has 0 radical (unpaired) electrons. The Morgan fingerprint density at radius 1 is 0.879 bits per heavy atom. The van der Waals surface area contributed by atoms with E-state index in [1.807, 2.05) is 3.28 Å².